The van der Waals surface area contributed by atoms with Crippen LogP contribution in [-0.4, -0.2) is 16.6 Å². The van der Waals surface area contributed by atoms with Gasteiger partial charge in [-0.15, -0.1) is 0 Å². The number of carbonyl (C=O) groups is 1. The third-order valence-corrected chi connectivity index (χ3v) is 1.10. The molecule has 0 fully saturated rings. The predicted octanol–water partition coefficient (Wildman–Crippen LogP) is -0.474. The molecule has 1 unspecified atom stereocenters. The summed E-state index contributed by atoms with van der Waals surface area (Å²) >= 11 is 0. The Hall–Kier alpha value is -1.08. The van der Waals surface area contributed by atoms with E-state index in [1.54, 1.807) is 6.07 Å². The van der Waals surface area contributed by atoms with Gasteiger partial charge in [-0.25, -0.2) is 0 Å². The van der Waals surface area contributed by atoms with Crippen LogP contribution in [0.3, 0.4) is 0 Å². The Kier molecular flexibility index (Phi) is 2.84. The van der Waals surface area contributed by atoms with Crippen molar-refractivity contribution in [3.8, 4) is 6.07 Å². The van der Waals surface area contributed by atoms with E-state index >= 15 is 0 Å². The molecule has 10 heavy (non-hydrogen) atoms. The zero-order valence-electron chi connectivity index (χ0n) is 5.79. The number of nitriles is 1. The maximum Gasteiger partial charge on any atom is 0.217 e. The van der Waals surface area contributed by atoms with Crippen molar-refractivity contribution in [3.05, 3.63) is 0 Å². The minimum atomic E-state index is -1.42. The van der Waals surface area contributed by atoms with E-state index in [9.17, 15) is 4.79 Å². The molecule has 0 radical (unpaired) electrons. The Balaban J connectivity index is 3.71. The first-order chi connectivity index (χ1) is 4.48. The van der Waals surface area contributed by atoms with Gasteiger partial charge in [0.05, 0.1) is 6.07 Å². The fraction of sp³-hybridized carbons (Fsp3) is 0.667. The number of rotatable bonds is 3. The summed E-state index contributed by atoms with van der Waals surface area (Å²) in [6.45, 7) is 1.34. The van der Waals surface area contributed by atoms with Crippen LogP contribution in [0, 0.1) is 11.3 Å². The molecule has 0 rings (SSSR count). The molecule has 0 heterocycles. The highest BCUT2D eigenvalue weighted by Gasteiger charge is 2.19. The zero-order valence-corrected chi connectivity index (χ0v) is 5.79. The number of amides is 1. The molecule has 0 aliphatic rings. The maximum absolute atomic E-state index is 10.2. The van der Waals surface area contributed by atoms with Crippen LogP contribution >= 0.6 is 0 Å². The second-order valence-electron chi connectivity index (χ2n) is 2.35. The quantitative estimate of drug-likeness (QED) is 0.522. The van der Waals surface area contributed by atoms with Gasteiger partial charge in [-0.1, -0.05) is 0 Å². The summed E-state index contributed by atoms with van der Waals surface area (Å²) in [6, 6.07) is 1.64. The first-order valence-electron chi connectivity index (χ1n) is 2.90. The van der Waals surface area contributed by atoms with Crippen LogP contribution in [-0.2, 0) is 4.79 Å². The largest absolute Gasteiger partial charge is 0.376 e. The molecule has 4 heteroatoms. The second kappa shape index (κ2) is 3.18. The SMILES string of the molecule is CC(O)(C#N)CCC(N)=O. The standard InChI is InChI=1S/C6H10N2O2/c1-6(10,4-7)3-2-5(8)9/h10H,2-3H2,1H3,(H2,8,9). The van der Waals surface area contributed by atoms with Crippen molar-refractivity contribution in [1.82, 2.24) is 0 Å². The van der Waals surface area contributed by atoms with Crippen LogP contribution < -0.4 is 5.73 Å². The summed E-state index contributed by atoms with van der Waals surface area (Å²) in [5.74, 6) is -0.504. The number of nitrogens with two attached hydrogens (primary N) is 1. The number of hydrogen-bond donors (Lipinski definition) is 2. The smallest absolute Gasteiger partial charge is 0.217 e. The Morgan fingerprint density at radius 2 is 2.40 bits per heavy atom. The first kappa shape index (κ1) is 8.92. The molecule has 1 amide bonds. The monoisotopic (exact) mass is 142 g/mol. The average Bonchev–Trinajstić information content (AvgIpc) is 1.85. The predicted molar refractivity (Wildman–Crippen MR) is 34.7 cm³/mol. The maximum atomic E-state index is 10.2. The number of hydrogen-bond acceptors (Lipinski definition) is 3. The van der Waals surface area contributed by atoms with Crippen molar-refractivity contribution in [1.29, 1.82) is 5.26 Å². The molecular formula is C6H10N2O2. The van der Waals surface area contributed by atoms with E-state index in [4.69, 9.17) is 16.1 Å². The number of aliphatic hydroxyl groups is 1. The molecule has 0 spiro atoms. The molecule has 0 aliphatic carbocycles. The summed E-state index contributed by atoms with van der Waals surface area (Å²) in [4.78, 5) is 10.2. The Bertz CT molecular complexity index is 169. The Morgan fingerprint density at radius 1 is 1.90 bits per heavy atom. The van der Waals surface area contributed by atoms with E-state index in [0.29, 0.717) is 0 Å². The van der Waals surface area contributed by atoms with Gasteiger partial charge in [0.2, 0.25) is 5.91 Å². The highest BCUT2D eigenvalue weighted by atomic mass is 16.3. The highest BCUT2D eigenvalue weighted by Crippen LogP contribution is 2.08. The summed E-state index contributed by atoms with van der Waals surface area (Å²) in [5.41, 5.74) is 3.37. The first-order valence-corrected chi connectivity index (χ1v) is 2.90. The fourth-order valence-corrected chi connectivity index (χ4v) is 0.423. The van der Waals surface area contributed by atoms with Crippen molar-refractivity contribution >= 4 is 5.91 Å². The summed E-state index contributed by atoms with van der Waals surface area (Å²) in [6.07, 6.45) is 0.138. The molecule has 0 saturated heterocycles. The van der Waals surface area contributed by atoms with Crippen molar-refractivity contribution in [2.24, 2.45) is 5.73 Å². The van der Waals surface area contributed by atoms with Gasteiger partial charge in [0.15, 0.2) is 0 Å². The van der Waals surface area contributed by atoms with Crippen LogP contribution in [0.2, 0.25) is 0 Å². The molecule has 1 atom stereocenters. The van der Waals surface area contributed by atoms with E-state index in [0.717, 1.165) is 0 Å². The minimum Gasteiger partial charge on any atom is -0.376 e. The van der Waals surface area contributed by atoms with E-state index in [1.165, 1.54) is 6.92 Å². The van der Waals surface area contributed by atoms with Gasteiger partial charge < -0.3 is 10.8 Å². The van der Waals surface area contributed by atoms with Crippen LogP contribution in [0.5, 0.6) is 0 Å². The van der Waals surface area contributed by atoms with Crippen LogP contribution in [0.15, 0.2) is 0 Å². The molecule has 0 aromatic rings. The van der Waals surface area contributed by atoms with Gasteiger partial charge in [-0.3, -0.25) is 4.79 Å². The van der Waals surface area contributed by atoms with Gasteiger partial charge >= 0.3 is 0 Å². The van der Waals surface area contributed by atoms with Crippen molar-refractivity contribution < 1.29 is 9.90 Å². The average molecular weight is 142 g/mol. The number of primary amides is 1. The van der Waals surface area contributed by atoms with E-state index < -0.39 is 11.5 Å². The van der Waals surface area contributed by atoms with Gasteiger partial charge in [0.1, 0.15) is 5.60 Å². The second-order valence-corrected chi connectivity index (χ2v) is 2.35. The molecule has 0 aliphatic heterocycles. The fourth-order valence-electron chi connectivity index (χ4n) is 0.423. The van der Waals surface area contributed by atoms with Crippen LogP contribution in [0.1, 0.15) is 19.8 Å². The molecule has 4 nitrogen and oxygen atoms in total. The zero-order chi connectivity index (χ0) is 8.20. The highest BCUT2D eigenvalue weighted by molar-refractivity contribution is 5.73. The van der Waals surface area contributed by atoms with Crippen LogP contribution in [0.25, 0.3) is 0 Å². The number of carbonyl (C=O) groups excluding carboxylic acids is 1. The van der Waals surface area contributed by atoms with Crippen LogP contribution in [0.4, 0.5) is 0 Å². The lowest BCUT2D eigenvalue weighted by Gasteiger charge is -2.11. The topological polar surface area (TPSA) is 87.1 Å². The van der Waals surface area contributed by atoms with Crippen molar-refractivity contribution in [2.75, 3.05) is 0 Å². The lowest BCUT2D eigenvalue weighted by Crippen LogP contribution is -2.24. The third kappa shape index (κ3) is 3.87. The van der Waals surface area contributed by atoms with Crippen molar-refractivity contribution in [3.63, 3.8) is 0 Å². The molecular weight excluding hydrogens is 132 g/mol. The van der Waals surface area contributed by atoms with Gasteiger partial charge in [-0.05, 0) is 13.3 Å². The molecule has 56 valence electrons. The summed E-state index contributed by atoms with van der Waals surface area (Å²) in [7, 11) is 0. The van der Waals surface area contributed by atoms with E-state index in [2.05, 4.69) is 0 Å². The summed E-state index contributed by atoms with van der Waals surface area (Å²) in [5, 5.41) is 17.3. The van der Waals surface area contributed by atoms with E-state index in [-0.39, 0.29) is 12.8 Å². The molecule has 0 aromatic carbocycles. The normalized spacial score (nSPS) is 15.3. The van der Waals surface area contributed by atoms with Gasteiger partial charge in [-0.2, -0.15) is 5.26 Å². The Morgan fingerprint density at radius 3 is 2.70 bits per heavy atom. The lowest BCUT2D eigenvalue weighted by atomic mass is 10.0. The lowest BCUT2D eigenvalue weighted by molar-refractivity contribution is -0.118. The third-order valence-electron chi connectivity index (χ3n) is 1.10. The van der Waals surface area contributed by atoms with Gasteiger partial charge in [0, 0.05) is 6.42 Å². The minimum absolute atomic E-state index is 0.0422. The molecule has 0 bridgehead atoms. The van der Waals surface area contributed by atoms with E-state index in [1.807, 2.05) is 0 Å². The molecule has 3 N–H and O–H groups in total. The Labute approximate surface area is 59.3 Å². The van der Waals surface area contributed by atoms with Gasteiger partial charge in [0.25, 0.3) is 0 Å². The van der Waals surface area contributed by atoms with Crippen molar-refractivity contribution in [2.45, 2.75) is 25.4 Å². The number of nitrogens with zero attached hydrogens (tertiary/aromatic N) is 1. The summed E-state index contributed by atoms with van der Waals surface area (Å²) < 4.78 is 0. The molecule has 0 aromatic heterocycles. The molecule has 0 saturated carbocycles.